The van der Waals surface area contributed by atoms with Gasteiger partial charge in [0.25, 0.3) is 0 Å². The average molecular weight is 327 g/mol. The third-order valence-corrected chi connectivity index (χ3v) is 4.28. The van der Waals surface area contributed by atoms with Crippen LogP contribution in [0, 0.1) is 6.92 Å². The van der Waals surface area contributed by atoms with Gasteiger partial charge in [0.15, 0.2) is 0 Å². The van der Waals surface area contributed by atoms with Crippen molar-refractivity contribution in [3.05, 3.63) is 59.4 Å². The minimum Gasteiger partial charge on any atom is -0.345 e. The topological polar surface area (TPSA) is 37.3 Å². The van der Waals surface area contributed by atoms with Crippen molar-refractivity contribution in [3.63, 3.8) is 0 Å². The summed E-state index contributed by atoms with van der Waals surface area (Å²) < 4.78 is 2.24. The Morgan fingerprint density at radius 3 is 2.67 bits per heavy atom. The Morgan fingerprint density at radius 2 is 1.96 bits per heavy atom. The molecule has 130 valence electrons. The average Bonchev–Trinajstić information content (AvgIpc) is 3.00. The van der Waals surface area contributed by atoms with Crippen LogP contribution in [0.25, 0.3) is 0 Å². The monoisotopic (exact) mass is 327 g/mol. The summed E-state index contributed by atoms with van der Waals surface area (Å²) in [4.78, 5) is 14.2. The highest BCUT2D eigenvalue weighted by Gasteiger charge is 2.14. The first-order valence-electron chi connectivity index (χ1n) is 8.87. The third-order valence-electron chi connectivity index (χ3n) is 4.28. The van der Waals surface area contributed by atoms with Gasteiger partial charge < -0.3 is 14.8 Å². The van der Waals surface area contributed by atoms with E-state index < -0.39 is 0 Å². The van der Waals surface area contributed by atoms with E-state index in [1.54, 1.807) is 0 Å². The van der Waals surface area contributed by atoms with Gasteiger partial charge in [-0.3, -0.25) is 0 Å². The zero-order chi connectivity index (χ0) is 17.4. The van der Waals surface area contributed by atoms with Crippen LogP contribution in [0.4, 0.5) is 4.79 Å². The summed E-state index contributed by atoms with van der Waals surface area (Å²) in [7, 11) is 0. The molecule has 0 aliphatic heterocycles. The van der Waals surface area contributed by atoms with Crippen LogP contribution in [-0.2, 0) is 13.1 Å². The number of amides is 2. The fraction of sp³-hybridized carbons (Fsp3) is 0.450. The Labute approximate surface area is 145 Å². The molecule has 4 nitrogen and oxygen atoms in total. The SMILES string of the molecule is CCCCN(Cc1cccn1Cc1ccccc1C)C(=O)NCC. The van der Waals surface area contributed by atoms with Crippen molar-refractivity contribution in [2.75, 3.05) is 13.1 Å². The molecule has 0 fully saturated rings. The zero-order valence-corrected chi connectivity index (χ0v) is 15.1. The second kappa shape index (κ2) is 9.16. The van der Waals surface area contributed by atoms with Crippen molar-refractivity contribution in [1.82, 2.24) is 14.8 Å². The Hall–Kier alpha value is -2.23. The van der Waals surface area contributed by atoms with Crippen LogP contribution in [0.1, 0.15) is 43.5 Å². The number of rotatable bonds is 8. The summed E-state index contributed by atoms with van der Waals surface area (Å²) >= 11 is 0. The fourth-order valence-corrected chi connectivity index (χ4v) is 2.78. The summed E-state index contributed by atoms with van der Waals surface area (Å²) in [5.74, 6) is 0. The van der Waals surface area contributed by atoms with Crippen molar-refractivity contribution in [3.8, 4) is 0 Å². The summed E-state index contributed by atoms with van der Waals surface area (Å²) in [6.45, 7) is 9.18. The predicted octanol–water partition coefficient (Wildman–Crippen LogP) is 4.18. The Balaban J connectivity index is 2.12. The molecule has 0 bridgehead atoms. The van der Waals surface area contributed by atoms with Crippen LogP contribution in [0.5, 0.6) is 0 Å². The van der Waals surface area contributed by atoms with Gasteiger partial charge in [-0.2, -0.15) is 0 Å². The van der Waals surface area contributed by atoms with Crippen molar-refractivity contribution in [1.29, 1.82) is 0 Å². The Kier molecular flexibility index (Phi) is 6.91. The standard InChI is InChI=1S/C20H29N3O/c1-4-6-13-23(20(24)21-5-2)16-19-12-9-14-22(19)15-18-11-8-7-10-17(18)3/h7-12,14H,4-6,13,15-16H2,1-3H3,(H,21,24). The molecule has 0 aliphatic carbocycles. The second-order valence-corrected chi connectivity index (χ2v) is 6.16. The molecule has 1 heterocycles. The van der Waals surface area contributed by atoms with Crippen molar-refractivity contribution >= 4 is 6.03 Å². The summed E-state index contributed by atoms with van der Waals surface area (Å²) in [5.41, 5.74) is 3.78. The number of aryl methyl sites for hydroxylation is 1. The number of hydrogen-bond acceptors (Lipinski definition) is 1. The predicted molar refractivity (Wildman–Crippen MR) is 99.1 cm³/mol. The Bertz CT molecular complexity index is 648. The molecule has 0 radical (unpaired) electrons. The van der Waals surface area contributed by atoms with E-state index in [1.165, 1.54) is 16.8 Å². The summed E-state index contributed by atoms with van der Waals surface area (Å²) in [5, 5.41) is 2.92. The molecular weight excluding hydrogens is 298 g/mol. The van der Waals surface area contributed by atoms with Gasteiger partial charge in [0.1, 0.15) is 0 Å². The number of urea groups is 1. The number of hydrogen-bond donors (Lipinski definition) is 1. The molecule has 0 aliphatic rings. The molecule has 0 atom stereocenters. The van der Waals surface area contributed by atoms with E-state index in [4.69, 9.17) is 0 Å². The van der Waals surface area contributed by atoms with Crippen LogP contribution < -0.4 is 5.32 Å². The van der Waals surface area contributed by atoms with E-state index in [1.807, 2.05) is 11.8 Å². The number of aromatic nitrogens is 1. The molecule has 0 spiro atoms. The molecule has 0 saturated carbocycles. The quantitative estimate of drug-likeness (QED) is 0.776. The maximum atomic E-state index is 12.3. The number of nitrogens with zero attached hydrogens (tertiary/aromatic N) is 2. The van der Waals surface area contributed by atoms with Crippen molar-refractivity contribution in [2.24, 2.45) is 0 Å². The fourth-order valence-electron chi connectivity index (χ4n) is 2.78. The number of nitrogens with one attached hydrogen (secondary N) is 1. The van der Waals surface area contributed by atoms with Gasteiger partial charge in [-0.15, -0.1) is 0 Å². The van der Waals surface area contributed by atoms with E-state index in [-0.39, 0.29) is 6.03 Å². The van der Waals surface area contributed by atoms with E-state index in [0.29, 0.717) is 13.1 Å². The van der Waals surface area contributed by atoms with Gasteiger partial charge >= 0.3 is 6.03 Å². The molecule has 2 aromatic rings. The third kappa shape index (κ3) is 4.88. The largest absolute Gasteiger partial charge is 0.345 e. The van der Waals surface area contributed by atoms with Crippen LogP contribution in [0.15, 0.2) is 42.6 Å². The molecule has 4 heteroatoms. The highest BCUT2D eigenvalue weighted by molar-refractivity contribution is 5.74. The van der Waals surface area contributed by atoms with Crippen LogP contribution in [0.3, 0.4) is 0 Å². The van der Waals surface area contributed by atoms with Gasteiger partial charge in [0.2, 0.25) is 0 Å². The molecule has 1 N–H and O–H groups in total. The minimum absolute atomic E-state index is 0.0228. The van der Waals surface area contributed by atoms with Crippen molar-refractivity contribution < 1.29 is 4.79 Å². The Morgan fingerprint density at radius 1 is 1.17 bits per heavy atom. The van der Waals surface area contributed by atoms with Gasteiger partial charge in [0.05, 0.1) is 6.54 Å². The molecule has 0 unspecified atom stereocenters. The first-order valence-corrected chi connectivity index (χ1v) is 8.87. The molecule has 2 rings (SSSR count). The lowest BCUT2D eigenvalue weighted by Crippen LogP contribution is -2.40. The normalized spacial score (nSPS) is 10.6. The summed E-state index contributed by atoms with van der Waals surface area (Å²) in [6.07, 6.45) is 4.20. The first-order chi connectivity index (χ1) is 11.7. The smallest absolute Gasteiger partial charge is 0.317 e. The number of carbonyl (C=O) groups excluding carboxylic acids is 1. The van der Waals surface area contributed by atoms with E-state index in [9.17, 15) is 4.79 Å². The lowest BCUT2D eigenvalue weighted by atomic mass is 10.1. The van der Waals surface area contributed by atoms with Gasteiger partial charge in [-0.25, -0.2) is 4.79 Å². The van der Waals surface area contributed by atoms with E-state index in [0.717, 1.165) is 25.9 Å². The zero-order valence-electron chi connectivity index (χ0n) is 15.1. The van der Waals surface area contributed by atoms with E-state index >= 15 is 0 Å². The van der Waals surface area contributed by atoms with Crippen LogP contribution in [-0.4, -0.2) is 28.6 Å². The number of carbonyl (C=O) groups is 1. The molecule has 0 saturated heterocycles. The van der Waals surface area contributed by atoms with E-state index in [2.05, 4.69) is 66.3 Å². The molecule has 1 aromatic carbocycles. The number of benzene rings is 1. The molecule has 1 aromatic heterocycles. The minimum atomic E-state index is 0.0228. The van der Waals surface area contributed by atoms with Crippen LogP contribution >= 0.6 is 0 Å². The first kappa shape index (κ1) is 18.1. The maximum Gasteiger partial charge on any atom is 0.317 e. The molecule has 2 amide bonds. The van der Waals surface area contributed by atoms with Crippen molar-refractivity contribution in [2.45, 2.75) is 46.7 Å². The highest BCUT2D eigenvalue weighted by Crippen LogP contribution is 2.14. The lowest BCUT2D eigenvalue weighted by Gasteiger charge is -2.23. The van der Waals surface area contributed by atoms with Gasteiger partial charge in [0, 0.05) is 31.5 Å². The molecule has 24 heavy (non-hydrogen) atoms. The number of unbranched alkanes of at least 4 members (excludes halogenated alkanes) is 1. The maximum absolute atomic E-state index is 12.3. The lowest BCUT2D eigenvalue weighted by molar-refractivity contribution is 0.193. The summed E-state index contributed by atoms with van der Waals surface area (Å²) in [6, 6.07) is 12.6. The second-order valence-electron chi connectivity index (χ2n) is 6.16. The van der Waals surface area contributed by atoms with Crippen LogP contribution in [0.2, 0.25) is 0 Å². The molecular formula is C20H29N3O. The van der Waals surface area contributed by atoms with Gasteiger partial charge in [-0.1, -0.05) is 37.6 Å². The van der Waals surface area contributed by atoms with Gasteiger partial charge in [-0.05, 0) is 43.5 Å². The highest BCUT2D eigenvalue weighted by atomic mass is 16.2.